The maximum Gasteiger partial charge on any atom is 0.418 e. The Labute approximate surface area is 249 Å². The van der Waals surface area contributed by atoms with Gasteiger partial charge in [-0.3, -0.25) is 14.4 Å². The molecule has 11 nitrogen and oxygen atoms in total. The summed E-state index contributed by atoms with van der Waals surface area (Å²) in [6, 6.07) is 5.62. The lowest BCUT2D eigenvalue weighted by molar-refractivity contribution is -0.187. The number of rotatable bonds is 9. The van der Waals surface area contributed by atoms with Gasteiger partial charge in [0.05, 0.1) is 0 Å². The minimum Gasteiger partial charge on any atom is -0.465 e. The van der Waals surface area contributed by atoms with Gasteiger partial charge in [0.25, 0.3) is 5.91 Å². The lowest BCUT2D eigenvalue weighted by Crippen LogP contribution is -2.51. The lowest BCUT2D eigenvalue weighted by Gasteiger charge is -2.31. The van der Waals surface area contributed by atoms with Gasteiger partial charge in [-0.2, -0.15) is 13.2 Å². The summed E-state index contributed by atoms with van der Waals surface area (Å²) in [5, 5.41) is 13.8. The van der Waals surface area contributed by atoms with Crippen LogP contribution in [0.25, 0.3) is 0 Å². The summed E-state index contributed by atoms with van der Waals surface area (Å²) >= 11 is 0. The Bertz CT molecular complexity index is 1480. The summed E-state index contributed by atoms with van der Waals surface area (Å²) in [6.45, 7) is 2.51. The van der Waals surface area contributed by atoms with Crippen molar-refractivity contribution in [1.82, 2.24) is 15.1 Å². The number of amides is 5. The van der Waals surface area contributed by atoms with Gasteiger partial charge in [-0.1, -0.05) is 32.0 Å². The molecule has 0 aromatic heterocycles. The molecule has 5 amide bonds. The second kappa shape index (κ2) is 12.1. The van der Waals surface area contributed by atoms with Crippen LogP contribution in [0.1, 0.15) is 43.9 Å². The molecule has 1 spiro atoms. The molecule has 3 N–H and O–H groups in total. The SMILES string of the molecule is CC(C)[C@H](NC(=O)O)C(=O)Nc1ccc2c(c1)CCC21OC(=O)N(CC(=O)N(Cc2ccc(F)cc2)[C@@H](C)C(F)(F)F)C1=O. The number of hydrogen-bond donors (Lipinski definition) is 3. The fourth-order valence-corrected chi connectivity index (χ4v) is 5.25. The third kappa shape index (κ3) is 6.45. The molecule has 44 heavy (non-hydrogen) atoms. The number of nitrogens with one attached hydrogen (secondary N) is 2. The molecule has 1 heterocycles. The number of carboxylic acid groups (broad SMARTS) is 1. The first-order chi connectivity index (χ1) is 20.5. The molecule has 0 saturated carbocycles. The fourth-order valence-electron chi connectivity index (χ4n) is 5.25. The number of aryl methyl sites for hydroxylation is 1. The highest BCUT2D eigenvalue weighted by Gasteiger charge is 2.58. The molecule has 3 atom stereocenters. The molecule has 236 valence electrons. The number of carbonyl (C=O) groups is 5. The minimum absolute atomic E-state index is 0.0115. The second-order valence-corrected chi connectivity index (χ2v) is 11.0. The van der Waals surface area contributed by atoms with E-state index in [0.29, 0.717) is 26.6 Å². The first-order valence-corrected chi connectivity index (χ1v) is 13.6. The van der Waals surface area contributed by atoms with E-state index in [1.165, 1.54) is 24.3 Å². The number of alkyl halides is 3. The second-order valence-electron chi connectivity index (χ2n) is 11.0. The predicted octanol–water partition coefficient (Wildman–Crippen LogP) is 4.16. The molecule has 1 fully saturated rings. The van der Waals surface area contributed by atoms with E-state index in [1.54, 1.807) is 19.9 Å². The third-order valence-corrected chi connectivity index (χ3v) is 7.68. The smallest absolute Gasteiger partial charge is 0.418 e. The van der Waals surface area contributed by atoms with Gasteiger partial charge >= 0.3 is 18.4 Å². The number of fused-ring (bicyclic) bond motifs is 2. The van der Waals surface area contributed by atoms with Gasteiger partial charge in [0.2, 0.25) is 17.4 Å². The molecule has 1 unspecified atom stereocenters. The standard InChI is InChI=1S/C29H30F4N4O7/c1-15(2)23(35-26(41)42)24(39)34-20-8-9-21-18(12-20)10-11-28(21)25(40)37(27(43)44-28)14-22(38)36(16(3)29(31,32)33)13-17-4-6-19(30)7-5-17/h4-9,12,15-16,23,35H,10-11,13-14H2,1-3H3,(H,34,39)(H,41,42)/t16-,23-,28?/m0/s1. The van der Waals surface area contributed by atoms with E-state index in [4.69, 9.17) is 9.84 Å². The van der Waals surface area contributed by atoms with Crippen LogP contribution in [0.15, 0.2) is 42.5 Å². The Kier molecular flexibility index (Phi) is 8.88. The molecule has 1 saturated heterocycles. The Balaban J connectivity index is 1.53. The van der Waals surface area contributed by atoms with Crippen molar-refractivity contribution in [3.8, 4) is 0 Å². The van der Waals surface area contributed by atoms with Crippen LogP contribution in [0.4, 0.5) is 32.8 Å². The van der Waals surface area contributed by atoms with Crippen LogP contribution in [0.3, 0.4) is 0 Å². The number of nitrogens with zero attached hydrogens (tertiary/aromatic N) is 2. The molecule has 15 heteroatoms. The Hall–Kier alpha value is -4.69. The zero-order valence-electron chi connectivity index (χ0n) is 23.9. The molecular formula is C29H30F4N4O7. The van der Waals surface area contributed by atoms with E-state index in [1.807, 2.05) is 0 Å². The molecule has 1 aliphatic carbocycles. The number of anilines is 1. The largest absolute Gasteiger partial charge is 0.465 e. The van der Waals surface area contributed by atoms with Crippen LogP contribution >= 0.6 is 0 Å². The summed E-state index contributed by atoms with van der Waals surface area (Å²) in [6.07, 6.45) is -7.19. The molecule has 0 bridgehead atoms. The van der Waals surface area contributed by atoms with Crippen LogP contribution in [-0.2, 0) is 37.7 Å². The average molecular weight is 623 g/mol. The van der Waals surface area contributed by atoms with Crippen LogP contribution in [0, 0.1) is 11.7 Å². The highest BCUT2D eigenvalue weighted by Crippen LogP contribution is 2.46. The third-order valence-electron chi connectivity index (χ3n) is 7.68. The van der Waals surface area contributed by atoms with Gasteiger partial charge in [-0.25, -0.2) is 18.9 Å². The van der Waals surface area contributed by atoms with Gasteiger partial charge < -0.3 is 25.4 Å². The molecule has 1 aliphatic heterocycles. The monoisotopic (exact) mass is 622 g/mol. The summed E-state index contributed by atoms with van der Waals surface area (Å²) in [5.41, 5.74) is -0.482. The summed E-state index contributed by atoms with van der Waals surface area (Å²) < 4.78 is 59.8. The average Bonchev–Trinajstić information content (AvgIpc) is 3.41. The summed E-state index contributed by atoms with van der Waals surface area (Å²) in [4.78, 5) is 64.3. The zero-order chi connectivity index (χ0) is 32.6. The molecule has 2 aliphatic rings. The number of halogens is 4. The summed E-state index contributed by atoms with van der Waals surface area (Å²) in [7, 11) is 0. The van der Waals surface area contributed by atoms with Crippen LogP contribution in [0.2, 0.25) is 0 Å². The van der Waals surface area contributed by atoms with E-state index < -0.39 is 72.7 Å². The number of hydrogen-bond acceptors (Lipinski definition) is 6. The molecule has 0 radical (unpaired) electrons. The number of carbonyl (C=O) groups excluding carboxylic acids is 4. The van der Waals surface area contributed by atoms with Crippen LogP contribution in [0.5, 0.6) is 0 Å². The van der Waals surface area contributed by atoms with Gasteiger partial charge in [-0.15, -0.1) is 0 Å². The van der Waals surface area contributed by atoms with Crippen molar-refractivity contribution in [1.29, 1.82) is 0 Å². The normalized spacial score (nSPS) is 19.0. The van der Waals surface area contributed by atoms with Crippen molar-refractivity contribution >= 4 is 35.6 Å². The maximum atomic E-state index is 13.7. The Morgan fingerprint density at radius 3 is 2.34 bits per heavy atom. The van der Waals surface area contributed by atoms with Crippen molar-refractivity contribution in [3.63, 3.8) is 0 Å². The topological polar surface area (TPSA) is 145 Å². The molecule has 2 aromatic carbocycles. The van der Waals surface area contributed by atoms with E-state index >= 15 is 0 Å². The van der Waals surface area contributed by atoms with Gasteiger partial charge in [0.1, 0.15) is 24.4 Å². The first kappa shape index (κ1) is 32.2. The van der Waals surface area contributed by atoms with E-state index in [9.17, 15) is 41.5 Å². The van der Waals surface area contributed by atoms with Crippen molar-refractivity contribution in [2.24, 2.45) is 5.92 Å². The molecule has 2 aromatic rings. The first-order valence-electron chi connectivity index (χ1n) is 13.6. The zero-order valence-corrected chi connectivity index (χ0v) is 23.9. The van der Waals surface area contributed by atoms with Crippen LogP contribution in [-0.4, -0.2) is 69.6 Å². The quantitative estimate of drug-likeness (QED) is 0.356. The lowest BCUT2D eigenvalue weighted by atomic mass is 9.94. The maximum absolute atomic E-state index is 13.7. The number of ether oxygens (including phenoxy) is 1. The molecular weight excluding hydrogens is 592 g/mol. The minimum atomic E-state index is -4.83. The van der Waals surface area contributed by atoms with Crippen molar-refractivity contribution < 1.29 is 51.4 Å². The summed E-state index contributed by atoms with van der Waals surface area (Å²) in [5.74, 6) is -3.68. The van der Waals surface area contributed by atoms with E-state index in [0.717, 1.165) is 19.1 Å². The fraction of sp³-hybridized carbons (Fsp3) is 0.414. The van der Waals surface area contributed by atoms with Crippen molar-refractivity contribution in [2.75, 3.05) is 11.9 Å². The Morgan fingerprint density at radius 1 is 1.09 bits per heavy atom. The molecule has 4 rings (SSSR count). The highest BCUT2D eigenvalue weighted by molar-refractivity contribution is 6.06. The van der Waals surface area contributed by atoms with Gasteiger partial charge in [0.15, 0.2) is 0 Å². The van der Waals surface area contributed by atoms with Crippen molar-refractivity contribution in [2.45, 2.75) is 64.0 Å². The highest BCUT2D eigenvalue weighted by atomic mass is 19.4. The number of benzene rings is 2. The van der Waals surface area contributed by atoms with Crippen molar-refractivity contribution in [3.05, 3.63) is 65.0 Å². The predicted molar refractivity (Wildman–Crippen MR) is 146 cm³/mol. The van der Waals surface area contributed by atoms with Gasteiger partial charge in [0, 0.05) is 24.2 Å². The number of imide groups is 1. The van der Waals surface area contributed by atoms with E-state index in [2.05, 4.69) is 10.6 Å². The Morgan fingerprint density at radius 2 is 1.75 bits per heavy atom. The van der Waals surface area contributed by atoms with Gasteiger partial charge in [-0.05, 0) is 54.7 Å². The van der Waals surface area contributed by atoms with E-state index in [-0.39, 0.29) is 24.3 Å². The van der Waals surface area contributed by atoms with Crippen LogP contribution < -0.4 is 10.6 Å².